The van der Waals surface area contributed by atoms with Gasteiger partial charge in [0, 0.05) is 12.7 Å². The number of ether oxygens (including phenoxy) is 1. The summed E-state index contributed by atoms with van der Waals surface area (Å²) in [6.07, 6.45) is 0. The molecule has 0 fully saturated rings. The normalized spacial score (nSPS) is 10.1. The SMILES string of the molecule is Cc1ccccc1N(C)C(=O)COc1ccccc1N. The molecule has 0 atom stereocenters. The average molecular weight is 270 g/mol. The van der Waals surface area contributed by atoms with Gasteiger partial charge in [0.25, 0.3) is 5.91 Å². The number of hydrogen-bond donors (Lipinski definition) is 1. The van der Waals surface area contributed by atoms with Crippen LogP contribution in [0.3, 0.4) is 0 Å². The molecule has 4 nitrogen and oxygen atoms in total. The van der Waals surface area contributed by atoms with Crippen molar-refractivity contribution < 1.29 is 9.53 Å². The smallest absolute Gasteiger partial charge is 0.264 e. The number of likely N-dealkylation sites (N-methyl/N-ethyl adjacent to an activating group) is 1. The fourth-order valence-electron chi connectivity index (χ4n) is 1.92. The molecule has 0 unspecified atom stereocenters. The molecular formula is C16H18N2O2. The van der Waals surface area contributed by atoms with Gasteiger partial charge in [0.1, 0.15) is 5.75 Å². The molecule has 2 N–H and O–H groups in total. The van der Waals surface area contributed by atoms with Crippen LogP contribution in [0.5, 0.6) is 5.75 Å². The summed E-state index contributed by atoms with van der Waals surface area (Å²) in [6, 6.07) is 14.9. The number of nitrogens with zero attached hydrogens (tertiary/aromatic N) is 1. The number of benzene rings is 2. The van der Waals surface area contributed by atoms with E-state index in [9.17, 15) is 4.79 Å². The molecule has 0 aliphatic rings. The Bertz CT molecular complexity index is 611. The third kappa shape index (κ3) is 3.09. The van der Waals surface area contributed by atoms with E-state index >= 15 is 0 Å². The Morgan fingerprint density at radius 2 is 1.80 bits per heavy atom. The minimum Gasteiger partial charge on any atom is -0.482 e. The summed E-state index contributed by atoms with van der Waals surface area (Å²) in [5.74, 6) is 0.404. The van der Waals surface area contributed by atoms with E-state index in [0.29, 0.717) is 11.4 Å². The Balaban J connectivity index is 2.02. The Morgan fingerprint density at radius 3 is 2.50 bits per heavy atom. The van der Waals surface area contributed by atoms with Gasteiger partial charge in [-0.15, -0.1) is 0 Å². The maximum atomic E-state index is 12.1. The van der Waals surface area contributed by atoms with E-state index in [0.717, 1.165) is 11.3 Å². The van der Waals surface area contributed by atoms with E-state index in [1.54, 1.807) is 24.1 Å². The van der Waals surface area contributed by atoms with Gasteiger partial charge in [-0.05, 0) is 30.7 Å². The monoisotopic (exact) mass is 270 g/mol. The first-order valence-corrected chi connectivity index (χ1v) is 6.39. The molecule has 0 saturated heterocycles. The molecule has 0 aliphatic heterocycles. The van der Waals surface area contributed by atoms with Crippen LogP contribution in [0.25, 0.3) is 0 Å². The van der Waals surface area contributed by atoms with Gasteiger partial charge in [-0.3, -0.25) is 4.79 Å². The molecule has 0 heterocycles. The predicted octanol–water partition coefficient (Wildman–Crippen LogP) is 2.62. The molecule has 1 amide bonds. The van der Waals surface area contributed by atoms with E-state index in [1.165, 1.54) is 0 Å². The number of para-hydroxylation sites is 3. The number of nitrogens with two attached hydrogens (primary N) is 1. The second kappa shape index (κ2) is 6.10. The molecule has 0 aromatic heterocycles. The topological polar surface area (TPSA) is 55.6 Å². The van der Waals surface area contributed by atoms with Crippen LogP contribution in [0.2, 0.25) is 0 Å². The summed E-state index contributed by atoms with van der Waals surface area (Å²) < 4.78 is 5.46. The summed E-state index contributed by atoms with van der Waals surface area (Å²) in [6.45, 7) is 1.92. The second-order valence-corrected chi connectivity index (χ2v) is 4.57. The third-order valence-electron chi connectivity index (χ3n) is 3.12. The molecule has 4 heteroatoms. The van der Waals surface area contributed by atoms with Crippen molar-refractivity contribution in [1.82, 2.24) is 0 Å². The first kappa shape index (κ1) is 13.9. The van der Waals surface area contributed by atoms with Crippen LogP contribution in [0.4, 0.5) is 11.4 Å². The Labute approximate surface area is 118 Å². The molecule has 0 radical (unpaired) electrons. The van der Waals surface area contributed by atoms with E-state index in [1.807, 2.05) is 43.3 Å². The van der Waals surface area contributed by atoms with Crippen LogP contribution in [0, 0.1) is 6.92 Å². The fourth-order valence-corrected chi connectivity index (χ4v) is 1.92. The predicted molar refractivity (Wildman–Crippen MR) is 80.9 cm³/mol. The van der Waals surface area contributed by atoms with E-state index in [-0.39, 0.29) is 12.5 Å². The molecule has 2 rings (SSSR count). The highest BCUT2D eigenvalue weighted by Crippen LogP contribution is 2.21. The highest BCUT2D eigenvalue weighted by atomic mass is 16.5. The number of carbonyl (C=O) groups excluding carboxylic acids is 1. The zero-order chi connectivity index (χ0) is 14.5. The van der Waals surface area contributed by atoms with Gasteiger partial charge in [0.05, 0.1) is 5.69 Å². The average Bonchev–Trinajstić information content (AvgIpc) is 2.46. The number of nitrogen functional groups attached to an aromatic ring is 1. The van der Waals surface area contributed by atoms with Crippen molar-refractivity contribution in [3.05, 3.63) is 54.1 Å². The van der Waals surface area contributed by atoms with Crippen LogP contribution >= 0.6 is 0 Å². The highest BCUT2D eigenvalue weighted by molar-refractivity contribution is 5.94. The van der Waals surface area contributed by atoms with Crippen molar-refractivity contribution in [3.63, 3.8) is 0 Å². The first-order chi connectivity index (χ1) is 9.59. The minimum absolute atomic E-state index is 0.0426. The van der Waals surface area contributed by atoms with Gasteiger partial charge >= 0.3 is 0 Å². The summed E-state index contributed by atoms with van der Waals surface area (Å²) in [4.78, 5) is 13.7. The summed E-state index contributed by atoms with van der Waals surface area (Å²) in [5.41, 5.74) is 8.22. The fraction of sp³-hybridized carbons (Fsp3) is 0.188. The Morgan fingerprint density at radius 1 is 1.15 bits per heavy atom. The summed E-state index contributed by atoms with van der Waals surface area (Å²) in [5, 5.41) is 0. The number of amides is 1. The number of rotatable bonds is 4. The number of hydrogen-bond acceptors (Lipinski definition) is 3. The molecule has 20 heavy (non-hydrogen) atoms. The van der Waals surface area contributed by atoms with Gasteiger partial charge in [-0.25, -0.2) is 0 Å². The lowest BCUT2D eigenvalue weighted by Gasteiger charge is -2.19. The quantitative estimate of drug-likeness (QED) is 0.869. The highest BCUT2D eigenvalue weighted by Gasteiger charge is 2.13. The molecule has 2 aromatic carbocycles. The van der Waals surface area contributed by atoms with Crippen molar-refractivity contribution in [3.8, 4) is 5.75 Å². The lowest BCUT2D eigenvalue weighted by molar-refractivity contribution is -0.120. The van der Waals surface area contributed by atoms with E-state index < -0.39 is 0 Å². The molecule has 2 aromatic rings. The number of carbonyl (C=O) groups is 1. The summed E-state index contributed by atoms with van der Waals surface area (Å²) in [7, 11) is 1.74. The maximum Gasteiger partial charge on any atom is 0.264 e. The minimum atomic E-state index is -0.123. The zero-order valence-electron chi connectivity index (χ0n) is 11.7. The zero-order valence-corrected chi connectivity index (χ0v) is 11.7. The van der Waals surface area contributed by atoms with Crippen molar-refractivity contribution >= 4 is 17.3 Å². The molecular weight excluding hydrogens is 252 g/mol. The molecule has 0 bridgehead atoms. The van der Waals surface area contributed by atoms with Crippen LogP contribution in [0.1, 0.15) is 5.56 Å². The lowest BCUT2D eigenvalue weighted by Crippen LogP contribution is -2.31. The molecule has 0 aliphatic carbocycles. The van der Waals surface area contributed by atoms with Crippen LogP contribution in [0.15, 0.2) is 48.5 Å². The molecule has 104 valence electrons. The van der Waals surface area contributed by atoms with Crippen LogP contribution < -0.4 is 15.4 Å². The van der Waals surface area contributed by atoms with Gasteiger partial charge in [0.2, 0.25) is 0 Å². The largest absolute Gasteiger partial charge is 0.482 e. The second-order valence-electron chi connectivity index (χ2n) is 4.57. The van der Waals surface area contributed by atoms with Gasteiger partial charge in [-0.1, -0.05) is 30.3 Å². The Kier molecular flexibility index (Phi) is 4.25. The van der Waals surface area contributed by atoms with Gasteiger partial charge < -0.3 is 15.4 Å². The third-order valence-corrected chi connectivity index (χ3v) is 3.12. The Hall–Kier alpha value is -2.49. The summed E-state index contributed by atoms with van der Waals surface area (Å²) >= 11 is 0. The van der Waals surface area contributed by atoms with Crippen molar-refractivity contribution in [2.75, 3.05) is 24.3 Å². The molecule has 0 saturated carbocycles. The lowest BCUT2D eigenvalue weighted by atomic mass is 10.2. The van der Waals surface area contributed by atoms with Crippen molar-refractivity contribution in [2.45, 2.75) is 6.92 Å². The first-order valence-electron chi connectivity index (χ1n) is 6.39. The number of aryl methyl sites for hydroxylation is 1. The van der Waals surface area contributed by atoms with Crippen LogP contribution in [-0.4, -0.2) is 19.6 Å². The van der Waals surface area contributed by atoms with Crippen LogP contribution in [-0.2, 0) is 4.79 Å². The van der Waals surface area contributed by atoms with Crippen molar-refractivity contribution in [2.24, 2.45) is 0 Å². The standard InChI is InChI=1S/C16H18N2O2/c1-12-7-3-5-9-14(12)18(2)16(19)11-20-15-10-6-4-8-13(15)17/h3-10H,11,17H2,1-2H3. The van der Waals surface area contributed by atoms with E-state index in [4.69, 9.17) is 10.5 Å². The van der Waals surface area contributed by atoms with Gasteiger partial charge in [0.15, 0.2) is 6.61 Å². The van der Waals surface area contributed by atoms with Gasteiger partial charge in [-0.2, -0.15) is 0 Å². The van der Waals surface area contributed by atoms with Crippen molar-refractivity contribution in [1.29, 1.82) is 0 Å². The maximum absolute atomic E-state index is 12.1. The molecule has 0 spiro atoms. The number of anilines is 2. The van der Waals surface area contributed by atoms with E-state index in [2.05, 4.69) is 0 Å².